The van der Waals surface area contributed by atoms with Crippen LogP contribution < -0.4 is 4.90 Å². The first-order chi connectivity index (χ1) is 15.5. The molecule has 7 heteroatoms. The lowest BCUT2D eigenvalue weighted by Gasteiger charge is -2.15. The normalized spacial score (nSPS) is 16.0. The van der Waals surface area contributed by atoms with Crippen molar-refractivity contribution in [1.82, 2.24) is 9.97 Å². The van der Waals surface area contributed by atoms with Crippen LogP contribution in [0.4, 0.5) is 5.69 Å². The molecule has 2 amide bonds. The van der Waals surface area contributed by atoms with Gasteiger partial charge in [-0.25, -0.2) is 9.88 Å². The summed E-state index contributed by atoms with van der Waals surface area (Å²) >= 11 is 1.18. The highest BCUT2D eigenvalue weighted by Crippen LogP contribution is 2.36. The van der Waals surface area contributed by atoms with Gasteiger partial charge in [-0.1, -0.05) is 47.7 Å². The smallest absolute Gasteiger partial charge is 0.247 e. The average molecular weight is 439 g/mol. The number of imide groups is 1. The molecule has 0 radical (unpaired) electrons. The Balaban J connectivity index is 1.44. The Morgan fingerprint density at radius 3 is 2.69 bits per heavy atom. The first-order valence-electron chi connectivity index (χ1n) is 10.1. The number of hydrogen-bond acceptors (Lipinski definition) is 5. The number of hydrogen-bond donors (Lipinski definition) is 1. The maximum Gasteiger partial charge on any atom is 0.247 e. The van der Waals surface area contributed by atoms with Gasteiger partial charge in [0.2, 0.25) is 11.8 Å². The molecule has 4 aromatic rings. The number of carbonyl (C=O) groups excluding carboxylic acids is 2. The highest BCUT2D eigenvalue weighted by molar-refractivity contribution is 8.00. The molecule has 5 rings (SSSR count). The van der Waals surface area contributed by atoms with E-state index in [2.05, 4.69) is 16.0 Å². The van der Waals surface area contributed by atoms with Gasteiger partial charge in [0.15, 0.2) is 0 Å². The van der Waals surface area contributed by atoms with E-state index in [9.17, 15) is 14.9 Å². The number of aromatic amines is 1. The van der Waals surface area contributed by atoms with Gasteiger partial charge in [0, 0.05) is 23.7 Å². The number of thioether (sulfide) groups is 1. The zero-order valence-corrected chi connectivity index (χ0v) is 18.0. The van der Waals surface area contributed by atoms with Crippen molar-refractivity contribution >= 4 is 40.2 Å². The highest BCUT2D eigenvalue weighted by atomic mass is 32.2. The lowest BCUT2D eigenvalue weighted by Crippen LogP contribution is -2.31. The van der Waals surface area contributed by atoms with Gasteiger partial charge in [0.1, 0.15) is 11.1 Å². The number of pyridine rings is 1. The van der Waals surface area contributed by atoms with Crippen LogP contribution in [0.5, 0.6) is 0 Å². The molecule has 1 atom stereocenters. The van der Waals surface area contributed by atoms with Crippen LogP contribution in [0.25, 0.3) is 22.2 Å². The number of amides is 2. The van der Waals surface area contributed by atoms with E-state index in [0.717, 1.165) is 27.7 Å². The van der Waals surface area contributed by atoms with Crippen molar-refractivity contribution in [3.05, 3.63) is 78.0 Å². The van der Waals surface area contributed by atoms with Gasteiger partial charge in [-0.2, -0.15) is 5.26 Å². The first-order valence-corrected chi connectivity index (χ1v) is 11.0. The molecule has 2 aromatic carbocycles. The average Bonchev–Trinajstić information content (AvgIpc) is 3.37. The van der Waals surface area contributed by atoms with Gasteiger partial charge in [-0.15, -0.1) is 0 Å². The monoisotopic (exact) mass is 438 g/mol. The van der Waals surface area contributed by atoms with Gasteiger partial charge >= 0.3 is 0 Å². The van der Waals surface area contributed by atoms with Crippen LogP contribution >= 0.6 is 11.8 Å². The fourth-order valence-corrected chi connectivity index (χ4v) is 4.87. The molecular weight excluding hydrogens is 420 g/mol. The molecule has 1 unspecified atom stereocenters. The second-order valence-corrected chi connectivity index (χ2v) is 8.85. The van der Waals surface area contributed by atoms with Crippen LogP contribution in [0.1, 0.15) is 17.5 Å². The number of H-pyrrole nitrogens is 1. The molecule has 0 aliphatic carbocycles. The number of anilines is 1. The van der Waals surface area contributed by atoms with Crippen molar-refractivity contribution < 1.29 is 9.59 Å². The predicted molar refractivity (Wildman–Crippen MR) is 124 cm³/mol. The largest absolute Gasteiger partial charge is 0.361 e. The van der Waals surface area contributed by atoms with Crippen molar-refractivity contribution in [2.24, 2.45) is 0 Å². The van der Waals surface area contributed by atoms with Crippen molar-refractivity contribution in [3.63, 3.8) is 0 Å². The molecule has 1 N–H and O–H groups in total. The predicted octanol–water partition coefficient (Wildman–Crippen LogP) is 4.83. The van der Waals surface area contributed by atoms with E-state index < -0.39 is 5.25 Å². The van der Waals surface area contributed by atoms with Gasteiger partial charge in [0.05, 0.1) is 22.2 Å². The molecule has 0 saturated carbocycles. The Bertz CT molecular complexity index is 1400. The van der Waals surface area contributed by atoms with Gasteiger partial charge in [-0.05, 0) is 42.6 Å². The van der Waals surface area contributed by atoms with Crippen molar-refractivity contribution in [3.8, 4) is 17.3 Å². The molecular formula is C25H18N4O2S. The van der Waals surface area contributed by atoms with Crippen molar-refractivity contribution in [1.29, 1.82) is 5.26 Å². The summed E-state index contributed by atoms with van der Waals surface area (Å²) in [6.45, 7) is 2.01. The maximum atomic E-state index is 13.2. The molecule has 1 fully saturated rings. The quantitative estimate of drug-likeness (QED) is 0.461. The molecule has 156 valence electrons. The van der Waals surface area contributed by atoms with Crippen LogP contribution in [0.15, 0.2) is 71.9 Å². The summed E-state index contributed by atoms with van der Waals surface area (Å²) in [5, 5.41) is 10.4. The molecule has 1 aliphatic rings. The summed E-state index contributed by atoms with van der Waals surface area (Å²) in [5.74, 6) is -0.552. The summed E-state index contributed by atoms with van der Waals surface area (Å²) in [6.07, 6.45) is 1.88. The van der Waals surface area contributed by atoms with Crippen LogP contribution in [0, 0.1) is 18.3 Å². The Labute approximate surface area is 188 Å². The summed E-state index contributed by atoms with van der Waals surface area (Å²) in [6, 6.07) is 21.0. The van der Waals surface area contributed by atoms with E-state index in [1.54, 1.807) is 24.3 Å². The minimum atomic E-state index is -0.630. The third-order valence-electron chi connectivity index (χ3n) is 5.48. The Morgan fingerprint density at radius 1 is 1.09 bits per heavy atom. The zero-order valence-electron chi connectivity index (χ0n) is 17.2. The fourth-order valence-electron chi connectivity index (χ4n) is 3.78. The van der Waals surface area contributed by atoms with Crippen molar-refractivity contribution in [2.75, 3.05) is 4.90 Å². The lowest BCUT2D eigenvalue weighted by atomic mass is 10.1. The fraction of sp³-hybridized carbons (Fsp3) is 0.120. The number of rotatable bonds is 4. The van der Waals surface area contributed by atoms with Crippen molar-refractivity contribution in [2.45, 2.75) is 23.6 Å². The molecule has 2 aromatic heterocycles. The SMILES string of the molecule is Cc1ccc(-c2ccc(C#N)c(SC3CC(=O)N(c4ccc5cc[nH]c5c4)C3=O)n2)cc1. The second-order valence-electron chi connectivity index (χ2n) is 7.65. The standard InChI is InChI=1S/C25H18N4O2S/c1-15-2-4-16(5-3-15)20-9-7-18(14-26)24(28-20)32-22-13-23(30)29(25(22)31)19-8-6-17-10-11-27-21(17)12-19/h2-12,22,27H,13H2,1H3. The minimum absolute atomic E-state index is 0.0631. The number of fused-ring (bicyclic) bond motifs is 1. The van der Waals surface area contributed by atoms with Crippen LogP contribution in [0.2, 0.25) is 0 Å². The second kappa shape index (κ2) is 7.98. The number of nitrogens with one attached hydrogen (secondary N) is 1. The summed E-state index contributed by atoms with van der Waals surface area (Å²) in [4.78, 5) is 34.9. The van der Waals surface area contributed by atoms with E-state index in [-0.39, 0.29) is 18.2 Å². The third-order valence-corrected chi connectivity index (χ3v) is 6.67. The summed E-state index contributed by atoms with van der Waals surface area (Å²) in [7, 11) is 0. The third kappa shape index (κ3) is 3.55. The number of nitriles is 1. The number of carbonyl (C=O) groups is 2. The number of benzene rings is 2. The first kappa shape index (κ1) is 20.0. The van der Waals surface area contributed by atoms with Gasteiger partial charge in [-0.3, -0.25) is 9.59 Å². The van der Waals surface area contributed by atoms with E-state index in [0.29, 0.717) is 16.3 Å². The zero-order chi connectivity index (χ0) is 22.2. The summed E-state index contributed by atoms with van der Waals surface area (Å²) < 4.78 is 0. The molecule has 0 spiro atoms. The molecule has 1 saturated heterocycles. The Hall–Kier alpha value is -3.89. The molecule has 32 heavy (non-hydrogen) atoms. The maximum absolute atomic E-state index is 13.2. The van der Waals surface area contributed by atoms with E-state index >= 15 is 0 Å². The Kier molecular flexibility index (Phi) is 5.00. The lowest BCUT2D eigenvalue weighted by molar-refractivity contribution is -0.121. The van der Waals surface area contributed by atoms with Crippen LogP contribution in [-0.2, 0) is 9.59 Å². The summed E-state index contributed by atoms with van der Waals surface area (Å²) in [5.41, 5.74) is 4.58. The van der Waals surface area contributed by atoms with E-state index in [4.69, 9.17) is 0 Å². The molecule has 0 bridgehead atoms. The van der Waals surface area contributed by atoms with E-state index in [1.165, 1.54) is 16.7 Å². The van der Waals surface area contributed by atoms with Gasteiger partial charge < -0.3 is 4.98 Å². The van der Waals surface area contributed by atoms with Crippen LogP contribution in [-0.4, -0.2) is 27.0 Å². The number of aryl methyl sites for hydroxylation is 1. The van der Waals surface area contributed by atoms with Gasteiger partial charge in [0.25, 0.3) is 0 Å². The Morgan fingerprint density at radius 2 is 1.91 bits per heavy atom. The molecule has 6 nitrogen and oxygen atoms in total. The van der Waals surface area contributed by atoms with E-state index in [1.807, 2.05) is 49.5 Å². The minimum Gasteiger partial charge on any atom is -0.361 e. The molecule has 3 heterocycles. The molecule has 1 aliphatic heterocycles. The van der Waals surface area contributed by atoms with Crippen LogP contribution in [0.3, 0.4) is 0 Å². The highest BCUT2D eigenvalue weighted by Gasteiger charge is 2.40. The number of nitrogens with zero attached hydrogens (tertiary/aromatic N) is 3. The topological polar surface area (TPSA) is 89.9 Å². The number of aromatic nitrogens is 2.